The van der Waals surface area contributed by atoms with Crippen LogP contribution in [0.15, 0.2) is 18.2 Å². The van der Waals surface area contributed by atoms with Crippen LogP contribution in [0.2, 0.25) is 0 Å². The second-order valence-electron chi connectivity index (χ2n) is 5.63. The van der Waals surface area contributed by atoms with E-state index < -0.39 is 0 Å². The fourth-order valence-corrected chi connectivity index (χ4v) is 3.01. The van der Waals surface area contributed by atoms with E-state index in [9.17, 15) is 0 Å². The Morgan fingerprint density at radius 1 is 1.14 bits per heavy atom. The summed E-state index contributed by atoms with van der Waals surface area (Å²) in [5.41, 5.74) is 2.51. The third-order valence-corrected chi connectivity index (χ3v) is 4.21. The van der Waals surface area contributed by atoms with E-state index in [0.29, 0.717) is 0 Å². The molecule has 21 heavy (non-hydrogen) atoms. The minimum Gasteiger partial charge on any atom is -0.495 e. The van der Waals surface area contributed by atoms with Crippen molar-refractivity contribution in [3.8, 4) is 5.75 Å². The molecule has 0 radical (unpaired) electrons. The average Bonchev–Trinajstić information content (AvgIpc) is 2.56. The van der Waals surface area contributed by atoms with Crippen LogP contribution in [0.3, 0.4) is 0 Å². The van der Waals surface area contributed by atoms with E-state index in [1.807, 2.05) is 0 Å². The topological polar surface area (TPSA) is 37.0 Å². The number of nitrogens with zero attached hydrogens (tertiary/aromatic N) is 2. The lowest BCUT2D eigenvalue weighted by Gasteiger charge is -2.31. The van der Waals surface area contributed by atoms with Gasteiger partial charge in [-0.3, -0.25) is 4.90 Å². The number of rotatable bonds is 4. The Hall–Kier alpha value is -1.30. The normalized spacial score (nSPS) is 20.5. The second-order valence-corrected chi connectivity index (χ2v) is 5.63. The van der Waals surface area contributed by atoms with Gasteiger partial charge in [0.15, 0.2) is 0 Å². The first-order valence-corrected chi connectivity index (χ1v) is 7.79. The van der Waals surface area contributed by atoms with Crippen LogP contribution < -0.4 is 15.0 Å². The molecule has 0 aliphatic carbocycles. The molecule has 2 aliphatic heterocycles. The standard InChI is InChI=1S/C16H25N3O2/c1-20-16-12-14(13-18-6-4-17-5-7-18)2-3-15(16)19-8-10-21-11-9-19/h2-3,12,17H,4-11,13H2,1H3. The number of hydrogen-bond acceptors (Lipinski definition) is 5. The number of benzene rings is 1. The first-order chi connectivity index (χ1) is 10.4. The zero-order valence-corrected chi connectivity index (χ0v) is 12.8. The maximum absolute atomic E-state index is 5.62. The van der Waals surface area contributed by atoms with Crippen molar-refractivity contribution in [1.82, 2.24) is 10.2 Å². The molecule has 3 rings (SSSR count). The second kappa shape index (κ2) is 7.11. The molecule has 5 heteroatoms. The largest absolute Gasteiger partial charge is 0.495 e. The summed E-state index contributed by atoms with van der Waals surface area (Å²) in [5.74, 6) is 0.976. The van der Waals surface area contributed by atoms with E-state index >= 15 is 0 Å². The zero-order valence-electron chi connectivity index (χ0n) is 12.8. The summed E-state index contributed by atoms with van der Waals surface area (Å²) in [7, 11) is 1.76. The fourth-order valence-electron chi connectivity index (χ4n) is 3.01. The van der Waals surface area contributed by atoms with Crippen molar-refractivity contribution in [1.29, 1.82) is 0 Å². The van der Waals surface area contributed by atoms with Crippen molar-refractivity contribution < 1.29 is 9.47 Å². The van der Waals surface area contributed by atoms with Crippen LogP contribution in [0.1, 0.15) is 5.56 Å². The van der Waals surface area contributed by atoms with Crippen molar-refractivity contribution in [2.24, 2.45) is 0 Å². The van der Waals surface area contributed by atoms with E-state index in [4.69, 9.17) is 9.47 Å². The molecular weight excluding hydrogens is 266 g/mol. The van der Waals surface area contributed by atoms with Crippen molar-refractivity contribution in [2.45, 2.75) is 6.54 Å². The third-order valence-electron chi connectivity index (χ3n) is 4.21. The molecule has 116 valence electrons. The summed E-state index contributed by atoms with van der Waals surface area (Å²) in [5, 5.41) is 3.39. The van der Waals surface area contributed by atoms with Gasteiger partial charge in [0.05, 0.1) is 26.0 Å². The zero-order chi connectivity index (χ0) is 14.5. The lowest BCUT2D eigenvalue weighted by atomic mass is 10.1. The van der Waals surface area contributed by atoms with Gasteiger partial charge < -0.3 is 19.7 Å². The molecule has 0 atom stereocenters. The molecule has 0 amide bonds. The molecule has 1 N–H and O–H groups in total. The fraction of sp³-hybridized carbons (Fsp3) is 0.625. The highest BCUT2D eigenvalue weighted by molar-refractivity contribution is 5.60. The number of hydrogen-bond donors (Lipinski definition) is 1. The number of nitrogens with one attached hydrogen (secondary N) is 1. The Bertz CT molecular complexity index is 455. The minimum atomic E-state index is 0.797. The number of morpholine rings is 1. The summed E-state index contributed by atoms with van der Waals surface area (Å²) in [6, 6.07) is 6.61. The van der Waals surface area contributed by atoms with Crippen LogP contribution in [0.5, 0.6) is 5.75 Å². The molecule has 2 fully saturated rings. The molecule has 2 saturated heterocycles. The number of piperazine rings is 1. The van der Waals surface area contributed by atoms with E-state index in [-0.39, 0.29) is 0 Å². The molecule has 1 aromatic carbocycles. The highest BCUT2D eigenvalue weighted by Gasteiger charge is 2.17. The molecular formula is C16H25N3O2. The van der Waals surface area contributed by atoms with Gasteiger partial charge in [0.25, 0.3) is 0 Å². The van der Waals surface area contributed by atoms with Gasteiger partial charge in [-0.25, -0.2) is 0 Å². The lowest BCUT2D eigenvalue weighted by Crippen LogP contribution is -2.42. The monoisotopic (exact) mass is 291 g/mol. The Kier molecular flexibility index (Phi) is 4.95. The molecule has 2 heterocycles. The predicted molar refractivity (Wildman–Crippen MR) is 84.2 cm³/mol. The molecule has 0 spiro atoms. The molecule has 0 aromatic heterocycles. The van der Waals surface area contributed by atoms with Crippen molar-refractivity contribution in [3.63, 3.8) is 0 Å². The number of ether oxygens (including phenoxy) is 2. The van der Waals surface area contributed by atoms with Gasteiger partial charge in [0.2, 0.25) is 0 Å². The van der Waals surface area contributed by atoms with E-state index in [1.165, 1.54) is 11.3 Å². The van der Waals surface area contributed by atoms with Crippen molar-refractivity contribution in [3.05, 3.63) is 23.8 Å². The first-order valence-electron chi connectivity index (χ1n) is 7.79. The number of methoxy groups -OCH3 is 1. The summed E-state index contributed by atoms with van der Waals surface area (Å²) >= 11 is 0. The van der Waals surface area contributed by atoms with Gasteiger partial charge in [-0.1, -0.05) is 6.07 Å². The summed E-state index contributed by atoms with van der Waals surface area (Å²) in [6.45, 7) is 8.88. The van der Waals surface area contributed by atoms with Crippen molar-refractivity contribution in [2.75, 3.05) is 64.5 Å². The van der Waals surface area contributed by atoms with Gasteiger partial charge in [-0.05, 0) is 17.7 Å². The number of anilines is 1. The molecule has 0 bridgehead atoms. The Morgan fingerprint density at radius 3 is 2.62 bits per heavy atom. The van der Waals surface area contributed by atoms with Gasteiger partial charge in [0.1, 0.15) is 5.75 Å². The van der Waals surface area contributed by atoms with Crippen LogP contribution in [-0.4, -0.2) is 64.5 Å². The van der Waals surface area contributed by atoms with Gasteiger partial charge >= 0.3 is 0 Å². The van der Waals surface area contributed by atoms with Crippen LogP contribution in [0.4, 0.5) is 5.69 Å². The van der Waals surface area contributed by atoms with Crippen LogP contribution in [0.25, 0.3) is 0 Å². The van der Waals surface area contributed by atoms with Gasteiger partial charge in [0, 0.05) is 45.8 Å². The molecule has 0 unspecified atom stereocenters. The SMILES string of the molecule is COc1cc(CN2CCNCC2)ccc1N1CCOCC1. The van der Waals surface area contributed by atoms with Crippen LogP contribution in [0, 0.1) is 0 Å². The molecule has 5 nitrogen and oxygen atoms in total. The smallest absolute Gasteiger partial charge is 0.142 e. The van der Waals surface area contributed by atoms with Crippen LogP contribution in [-0.2, 0) is 11.3 Å². The lowest BCUT2D eigenvalue weighted by molar-refractivity contribution is 0.122. The Labute approximate surface area is 126 Å². The van der Waals surface area contributed by atoms with Gasteiger partial charge in [-0.15, -0.1) is 0 Å². The van der Waals surface area contributed by atoms with E-state index in [2.05, 4.69) is 33.3 Å². The Balaban J connectivity index is 1.71. The highest BCUT2D eigenvalue weighted by atomic mass is 16.5. The summed E-state index contributed by atoms with van der Waals surface area (Å²) in [6.07, 6.45) is 0. The summed E-state index contributed by atoms with van der Waals surface area (Å²) < 4.78 is 11.0. The van der Waals surface area contributed by atoms with Crippen molar-refractivity contribution >= 4 is 5.69 Å². The molecule has 2 aliphatic rings. The molecule has 1 aromatic rings. The Morgan fingerprint density at radius 2 is 1.90 bits per heavy atom. The maximum Gasteiger partial charge on any atom is 0.142 e. The molecule has 0 saturated carbocycles. The minimum absolute atomic E-state index is 0.797. The predicted octanol–water partition coefficient (Wildman–Crippen LogP) is 0.937. The quantitative estimate of drug-likeness (QED) is 0.893. The van der Waals surface area contributed by atoms with Gasteiger partial charge in [-0.2, -0.15) is 0 Å². The summed E-state index contributed by atoms with van der Waals surface area (Å²) in [4.78, 5) is 4.83. The van der Waals surface area contributed by atoms with E-state index in [1.54, 1.807) is 7.11 Å². The first kappa shape index (κ1) is 14.6. The third kappa shape index (κ3) is 3.67. The highest BCUT2D eigenvalue weighted by Crippen LogP contribution is 2.30. The maximum atomic E-state index is 5.62. The van der Waals surface area contributed by atoms with Crippen LogP contribution >= 0.6 is 0 Å². The average molecular weight is 291 g/mol. The van der Waals surface area contributed by atoms with E-state index in [0.717, 1.165) is 64.8 Å².